The van der Waals surface area contributed by atoms with Gasteiger partial charge in [-0.25, -0.2) is 4.79 Å². The van der Waals surface area contributed by atoms with Gasteiger partial charge in [0.2, 0.25) is 0 Å². The molecule has 0 heterocycles. The molecule has 0 radical (unpaired) electrons. The molecule has 160 valence electrons. The van der Waals surface area contributed by atoms with E-state index in [-0.39, 0.29) is 5.97 Å². The van der Waals surface area contributed by atoms with Crippen LogP contribution in [0.2, 0.25) is 0 Å². The molecule has 0 fully saturated rings. The Kier molecular flexibility index (Phi) is 15.4. The fourth-order valence-corrected chi connectivity index (χ4v) is 3.47. The van der Waals surface area contributed by atoms with Gasteiger partial charge in [0.1, 0.15) is 5.75 Å². The van der Waals surface area contributed by atoms with Crippen LogP contribution in [0.3, 0.4) is 0 Å². The Morgan fingerprint density at radius 1 is 0.679 bits per heavy atom. The van der Waals surface area contributed by atoms with Crippen LogP contribution >= 0.6 is 0 Å². The Morgan fingerprint density at radius 2 is 1.11 bits per heavy atom. The lowest BCUT2D eigenvalue weighted by Gasteiger charge is -2.07. The van der Waals surface area contributed by atoms with Gasteiger partial charge in [-0.1, -0.05) is 96.8 Å². The minimum atomic E-state index is -0.311. The fraction of sp³-hybridized carbons (Fsp3) is 0.720. The second-order valence-corrected chi connectivity index (χ2v) is 7.81. The highest BCUT2D eigenvalue weighted by atomic mass is 16.5. The first-order chi connectivity index (χ1) is 13.8. The van der Waals surface area contributed by atoms with E-state index < -0.39 is 0 Å². The fourth-order valence-electron chi connectivity index (χ4n) is 3.47. The predicted molar refractivity (Wildman–Crippen MR) is 118 cm³/mol. The van der Waals surface area contributed by atoms with Gasteiger partial charge in [-0.15, -0.1) is 0 Å². The van der Waals surface area contributed by atoms with Crippen molar-refractivity contribution < 1.29 is 14.3 Å². The van der Waals surface area contributed by atoms with E-state index in [1.165, 1.54) is 97.0 Å². The summed E-state index contributed by atoms with van der Waals surface area (Å²) in [5.41, 5.74) is 0.557. The Morgan fingerprint density at radius 3 is 1.54 bits per heavy atom. The highest BCUT2D eigenvalue weighted by Gasteiger charge is 2.04. The van der Waals surface area contributed by atoms with Gasteiger partial charge in [0, 0.05) is 0 Å². The van der Waals surface area contributed by atoms with Gasteiger partial charge in [0.25, 0.3) is 0 Å². The SMILES string of the molecule is CCCCCCCCCCCCCCCCCOc1ccc(C(=O)OC)cc1. The number of unbranched alkanes of at least 4 members (excludes halogenated alkanes) is 14. The summed E-state index contributed by atoms with van der Waals surface area (Å²) in [6.45, 7) is 3.03. The van der Waals surface area contributed by atoms with Crippen LogP contribution < -0.4 is 4.74 Å². The topological polar surface area (TPSA) is 35.5 Å². The van der Waals surface area contributed by atoms with Gasteiger partial charge in [-0.3, -0.25) is 0 Å². The molecule has 0 aliphatic carbocycles. The number of methoxy groups -OCH3 is 1. The minimum Gasteiger partial charge on any atom is -0.494 e. The highest BCUT2D eigenvalue weighted by molar-refractivity contribution is 5.89. The van der Waals surface area contributed by atoms with Crippen molar-refractivity contribution in [1.82, 2.24) is 0 Å². The molecule has 1 rings (SSSR count). The lowest BCUT2D eigenvalue weighted by atomic mass is 10.0. The van der Waals surface area contributed by atoms with Crippen LogP contribution in [0.1, 0.15) is 114 Å². The van der Waals surface area contributed by atoms with Crippen LogP contribution in [0.5, 0.6) is 5.75 Å². The molecule has 1 aromatic carbocycles. The molecular weight excluding hydrogens is 348 g/mol. The molecule has 1 aromatic rings. The summed E-state index contributed by atoms with van der Waals surface area (Å²) < 4.78 is 10.4. The second-order valence-electron chi connectivity index (χ2n) is 7.81. The van der Waals surface area contributed by atoms with Crippen LogP contribution in [0, 0.1) is 0 Å². The molecule has 3 nitrogen and oxygen atoms in total. The van der Waals surface area contributed by atoms with E-state index in [9.17, 15) is 4.79 Å². The van der Waals surface area contributed by atoms with E-state index in [0.717, 1.165) is 18.8 Å². The number of hydrogen-bond donors (Lipinski definition) is 0. The van der Waals surface area contributed by atoms with Crippen LogP contribution in [0.4, 0.5) is 0 Å². The molecule has 0 aromatic heterocycles. The van der Waals surface area contributed by atoms with Crippen LogP contribution in [-0.4, -0.2) is 19.7 Å². The third kappa shape index (κ3) is 12.8. The van der Waals surface area contributed by atoms with Crippen LogP contribution in [0.15, 0.2) is 24.3 Å². The van der Waals surface area contributed by atoms with Crippen molar-refractivity contribution in [2.45, 2.75) is 103 Å². The Hall–Kier alpha value is -1.51. The van der Waals surface area contributed by atoms with Crippen LogP contribution in [-0.2, 0) is 4.74 Å². The summed E-state index contributed by atoms with van der Waals surface area (Å²) in [6, 6.07) is 7.15. The summed E-state index contributed by atoms with van der Waals surface area (Å²) in [7, 11) is 1.39. The van der Waals surface area contributed by atoms with Crippen molar-refractivity contribution in [3.8, 4) is 5.75 Å². The van der Waals surface area contributed by atoms with E-state index >= 15 is 0 Å². The minimum absolute atomic E-state index is 0.311. The maximum Gasteiger partial charge on any atom is 0.337 e. The Bertz CT molecular complexity index is 481. The molecule has 3 heteroatoms. The van der Waals surface area contributed by atoms with Crippen molar-refractivity contribution in [1.29, 1.82) is 0 Å². The van der Waals surface area contributed by atoms with Gasteiger partial charge >= 0.3 is 5.97 Å². The van der Waals surface area contributed by atoms with Gasteiger partial charge in [-0.2, -0.15) is 0 Å². The molecule has 0 N–H and O–H groups in total. The first-order valence-electron chi connectivity index (χ1n) is 11.6. The molecule has 0 saturated carbocycles. The third-order valence-corrected chi connectivity index (χ3v) is 5.29. The average Bonchev–Trinajstić information content (AvgIpc) is 2.73. The van der Waals surface area contributed by atoms with E-state index in [2.05, 4.69) is 6.92 Å². The largest absolute Gasteiger partial charge is 0.494 e. The summed E-state index contributed by atoms with van der Waals surface area (Å²) in [6.07, 6.45) is 20.6. The molecule has 28 heavy (non-hydrogen) atoms. The molecule has 0 amide bonds. The quantitative estimate of drug-likeness (QED) is 0.190. The second kappa shape index (κ2) is 17.6. The average molecular weight is 391 g/mol. The summed E-state index contributed by atoms with van der Waals surface area (Å²) in [4.78, 5) is 11.4. The number of benzene rings is 1. The van der Waals surface area contributed by atoms with Gasteiger partial charge in [0.05, 0.1) is 19.3 Å². The van der Waals surface area contributed by atoms with Crippen molar-refractivity contribution in [2.75, 3.05) is 13.7 Å². The molecular formula is C25H42O3. The number of carbonyl (C=O) groups is 1. The smallest absolute Gasteiger partial charge is 0.337 e. The first kappa shape index (κ1) is 24.5. The summed E-state index contributed by atoms with van der Waals surface area (Å²) >= 11 is 0. The predicted octanol–water partition coefficient (Wildman–Crippen LogP) is 7.72. The van der Waals surface area contributed by atoms with E-state index in [1.807, 2.05) is 12.1 Å². The number of esters is 1. The number of ether oxygens (including phenoxy) is 2. The van der Waals surface area contributed by atoms with Crippen molar-refractivity contribution in [2.24, 2.45) is 0 Å². The maximum absolute atomic E-state index is 11.4. The van der Waals surface area contributed by atoms with E-state index in [4.69, 9.17) is 9.47 Å². The molecule has 0 spiro atoms. The zero-order chi connectivity index (χ0) is 20.3. The molecule has 0 aliphatic rings. The normalized spacial score (nSPS) is 10.8. The number of rotatable bonds is 18. The zero-order valence-corrected chi connectivity index (χ0v) is 18.3. The Labute approximate surface area is 173 Å². The lowest BCUT2D eigenvalue weighted by Crippen LogP contribution is -2.01. The lowest BCUT2D eigenvalue weighted by molar-refractivity contribution is 0.0600. The Balaban J connectivity index is 1.84. The molecule has 0 atom stereocenters. The van der Waals surface area contributed by atoms with Gasteiger partial charge < -0.3 is 9.47 Å². The third-order valence-electron chi connectivity index (χ3n) is 5.29. The zero-order valence-electron chi connectivity index (χ0n) is 18.3. The molecule has 0 aliphatic heterocycles. The monoisotopic (exact) mass is 390 g/mol. The van der Waals surface area contributed by atoms with Gasteiger partial charge in [0.15, 0.2) is 0 Å². The number of carbonyl (C=O) groups excluding carboxylic acids is 1. The van der Waals surface area contributed by atoms with E-state index in [1.54, 1.807) is 12.1 Å². The van der Waals surface area contributed by atoms with Crippen molar-refractivity contribution in [3.05, 3.63) is 29.8 Å². The van der Waals surface area contributed by atoms with Crippen molar-refractivity contribution >= 4 is 5.97 Å². The molecule has 0 saturated heterocycles. The molecule has 0 bridgehead atoms. The standard InChI is InChI=1S/C25H42O3/c1-3-4-5-6-7-8-9-10-11-12-13-14-15-16-17-22-28-24-20-18-23(19-21-24)25(26)27-2/h18-21H,3-17,22H2,1-2H3. The highest BCUT2D eigenvalue weighted by Crippen LogP contribution is 2.15. The van der Waals surface area contributed by atoms with Gasteiger partial charge in [-0.05, 0) is 30.7 Å². The summed E-state index contributed by atoms with van der Waals surface area (Å²) in [5, 5.41) is 0. The van der Waals surface area contributed by atoms with E-state index in [0.29, 0.717) is 5.56 Å². The van der Waals surface area contributed by atoms with Crippen molar-refractivity contribution in [3.63, 3.8) is 0 Å². The van der Waals surface area contributed by atoms with Crippen LogP contribution in [0.25, 0.3) is 0 Å². The summed E-state index contributed by atoms with van der Waals surface area (Å²) in [5.74, 6) is 0.506. The number of hydrogen-bond acceptors (Lipinski definition) is 3. The maximum atomic E-state index is 11.4. The molecule has 0 unspecified atom stereocenters. The first-order valence-corrected chi connectivity index (χ1v) is 11.6.